The quantitative estimate of drug-likeness (QED) is 0.622. The Morgan fingerprint density at radius 1 is 1.47 bits per heavy atom. The summed E-state index contributed by atoms with van der Waals surface area (Å²) in [5.41, 5.74) is -0.250. The van der Waals surface area contributed by atoms with Crippen LogP contribution in [0.3, 0.4) is 0 Å². The lowest BCUT2D eigenvalue weighted by atomic mass is 9.79. The van der Waals surface area contributed by atoms with E-state index in [9.17, 15) is 4.79 Å². The third-order valence-corrected chi connectivity index (χ3v) is 2.15. The summed E-state index contributed by atoms with van der Waals surface area (Å²) >= 11 is 5.69. The number of hydrogen-bond acceptors (Lipinski definition) is 4. The highest BCUT2D eigenvalue weighted by Gasteiger charge is 2.21. The number of carbonyl (C=O) groups is 1. The van der Waals surface area contributed by atoms with Gasteiger partial charge in [-0.1, -0.05) is 11.6 Å². The van der Waals surface area contributed by atoms with Crippen molar-refractivity contribution in [1.82, 2.24) is 0 Å². The average molecular weight is 230 g/mol. The largest absolute Gasteiger partial charge is 0.496 e. The van der Waals surface area contributed by atoms with Crippen LogP contribution in [0.5, 0.6) is 5.75 Å². The first-order valence-corrected chi connectivity index (χ1v) is 4.32. The van der Waals surface area contributed by atoms with E-state index in [1.807, 2.05) is 0 Å². The number of ether oxygens (including phenoxy) is 1. The van der Waals surface area contributed by atoms with E-state index in [0.717, 1.165) is 6.07 Å². The Morgan fingerprint density at radius 3 is 2.47 bits per heavy atom. The fourth-order valence-corrected chi connectivity index (χ4v) is 1.36. The summed E-state index contributed by atoms with van der Waals surface area (Å²) in [7, 11) is -0.519. The zero-order valence-electron chi connectivity index (χ0n) is 7.77. The van der Waals surface area contributed by atoms with Crippen molar-refractivity contribution in [2.75, 3.05) is 7.11 Å². The fourth-order valence-electron chi connectivity index (χ4n) is 1.11. The van der Waals surface area contributed by atoms with Crippen molar-refractivity contribution in [3.63, 3.8) is 0 Å². The first-order chi connectivity index (χ1) is 6.97. The zero-order chi connectivity index (χ0) is 11.6. The van der Waals surface area contributed by atoms with Gasteiger partial charge in [0.05, 0.1) is 7.11 Å². The van der Waals surface area contributed by atoms with Gasteiger partial charge in [-0.2, -0.15) is 0 Å². The lowest BCUT2D eigenvalue weighted by Crippen LogP contribution is -2.31. The van der Waals surface area contributed by atoms with Crippen LogP contribution in [0.15, 0.2) is 12.1 Å². The molecule has 7 heteroatoms. The second-order valence-corrected chi connectivity index (χ2v) is 3.16. The number of hydrogen-bond donors (Lipinski definition) is 3. The molecule has 0 unspecified atom stereocenters. The Bertz CT molecular complexity index is 393. The number of methoxy groups -OCH3 is 1. The van der Waals surface area contributed by atoms with E-state index in [0.29, 0.717) is 0 Å². The zero-order valence-corrected chi connectivity index (χ0v) is 8.52. The molecule has 0 spiro atoms. The molecule has 0 amide bonds. The normalized spacial score (nSPS) is 9.87. The molecule has 5 nitrogen and oxygen atoms in total. The Kier molecular flexibility index (Phi) is 3.57. The van der Waals surface area contributed by atoms with Crippen molar-refractivity contribution >= 4 is 30.2 Å². The number of rotatable bonds is 3. The molecule has 0 aromatic heterocycles. The molecule has 80 valence electrons. The second kappa shape index (κ2) is 4.52. The van der Waals surface area contributed by atoms with E-state index >= 15 is 0 Å². The molecule has 0 heterocycles. The smallest absolute Gasteiger partial charge is 0.489 e. The highest BCUT2D eigenvalue weighted by atomic mass is 35.5. The van der Waals surface area contributed by atoms with Gasteiger partial charge in [0.1, 0.15) is 11.3 Å². The molecule has 0 aliphatic rings. The van der Waals surface area contributed by atoms with Gasteiger partial charge < -0.3 is 19.9 Å². The van der Waals surface area contributed by atoms with Crippen LogP contribution in [-0.4, -0.2) is 35.4 Å². The standard InChI is InChI=1S/C8H8BClO5/c1-15-7-3-6(10)5(9(13)14)2-4(7)8(11)12/h2-3,13-14H,1H3,(H,11,12). The number of aromatic carboxylic acids is 1. The van der Waals surface area contributed by atoms with Crippen molar-refractivity contribution in [2.45, 2.75) is 0 Å². The van der Waals surface area contributed by atoms with Crippen LogP contribution < -0.4 is 10.2 Å². The van der Waals surface area contributed by atoms with Crippen LogP contribution in [0.4, 0.5) is 0 Å². The van der Waals surface area contributed by atoms with E-state index < -0.39 is 13.1 Å². The predicted molar refractivity (Wildman–Crippen MR) is 54.8 cm³/mol. The van der Waals surface area contributed by atoms with E-state index in [-0.39, 0.29) is 21.8 Å². The fraction of sp³-hybridized carbons (Fsp3) is 0.125. The van der Waals surface area contributed by atoms with Gasteiger partial charge in [0.15, 0.2) is 0 Å². The Hall–Kier alpha value is -1.24. The van der Waals surface area contributed by atoms with Crippen molar-refractivity contribution in [1.29, 1.82) is 0 Å². The predicted octanol–water partition coefficient (Wildman–Crippen LogP) is -0.273. The molecule has 1 aromatic rings. The van der Waals surface area contributed by atoms with Crippen molar-refractivity contribution in [2.24, 2.45) is 0 Å². The topological polar surface area (TPSA) is 87.0 Å². The molecule has 0 aliphatic heterocycles. The molecule has 0 fully saturated rings. The van der Waals surface area contributed by atoms with Crippen LogP contribution in [0.2, 0.25) is 5.02 Å². The molecular weight excluding hydrogens is 222 g/mol. The van der Waals surface area contributed by atoms with Crippen LogP contribution in [-0.2, 0) is 0 Å². The first-order valence-electron chi connectivity index (χ1n) is 3.94. The minimum atomic E-state index is -1.82. The van der Waals surface area contributed by atoms with Gasteiger partial charge in [-0.15, -0.1) is 0 Å². The van der Waals surface area contributed by atoms with Crippen molar-refractivity contribution in [3.05, 3.63) is 22.7 Å². The minimum absolute atomic E-state index is 0.0341. The van der Waals surface area contributed by atoms with E-state index in [4.69, 9.17) is 31.5 Å². The van der Waals surface area contributed by atoms with Crippen LogP contribution in [0.25, 0.3) is 0 Å². The lowest BCUT2D eigenvalue weighted by molar-refractivity contribution is 0.0693. The summed E-state index contributed by atoms with van der Waals surface area (Å²) < 4.78 is 4.79. The van der Waals surface area contributed by atoms with Crippen molar-refractivity contribution < 1.29 is 24.7 Å². The molecule has 0 atom stereocenters. The number of carboxylic acid groups (broad SMARTS) is 1. The monoisotopic (exact) mass is 230 g/mol. The van der Waals surface area contributed by atoms with Gasteiger partial charge in [0, 0.05) is 10.5 Å². The molecule has 0 radical (unpaired) electrons. The minimum Gasteiger partial charge on any atom is -0.496 e. The lowest BCUT2D eigenvalue weighted by Gasteiger charge is -2.09. The Morgan fingerprint density at radius 2 is 2.07 bits per heavy atom. The maximum atomic E-state index is 10.8. The van der Waals surface area contributed by atoms with Gasteiger partial charge in [-0.05, 0) is 12.1 Å². The molecular formula is C8H8BClO5. The molecule has 0 aliphatic carbocycles. The molecule has 3 N–H and O–H groups in total. The number of carboxylic acids is 1. The van der Waals surface area contributed by atoms with Crippen molar-refractivity contribution in [3.8, 4) is 5.75 Å². The van der Waals surface area contributed by atoms with Crippen LogP contribution in [0.1, 0.15) is 10.4 Å². The maximum Gasteiger partial charge on any atom is 0.489 e. The summed E-state index contributed by atoms with van der Waals surface area (Å²) in [6.45, 7) is 0. The van der Waals surface area contributed by atoms with Gasteiger partial charge in [-0.25, -0.2) is 4.79 Å². The summed E-state index contributed by atoms with van der Waals surface area (Å²) in [4.78, 5) is 10.8. The van der Waals surface area contributed by atoms with Gasteiger partial charge in [0.2, 0.25) is 0 Å². The number of benzene rings is 1. The van der Waals surface area contributed by atoms with E-state index in [2.05, 4.69) is 0 Å². The molecule has 0 saturated carbocycles. The second-order valence-electron chi connectivity index (χ2n) is 2.75. The molecule has 0 saturated heterocycles. The summed E-state index contributed by atoms with van der Waals surface area (Å²) in [6.07, 6.45) is 0. The molecule has 15 heavy (non-hydrogen) atoms. The molecule has 1 rings (SSSR count). The van der Waals surface area contributed by atoms with Crippen LogP contribution >= 0.6 is 11.6 Å². The van der Waals surface area contributed by atoms with Gasteiger partial charge >= 0.3 is 13.1 Å². The Balaban J connectivity index is 3.37. The maximum absolute atomic E-state index is 10.8. The average Bonchev–Trinajstić information content (AvgIpc) is 2.16. The molecule has 1 aromatic carbocycles. The number of halogens is 1. The van der Waals surface area contributed by atoms with E-state index in [1.165, 1.54) is 13.2 Å². The first kappa shape index (κ1) is 11.8. The summed E-state index contributed by atoms with van der Waals surface area (Å²) in [6, 6.07) is 2.29. The van der Waals surface area contributed by atoms with Gasteiger partial charge in [-0.3, -0.25) is 0 Å². The summed E-state index contributed by atoms with van der Waals surface area (Å²) in [5, 5.41) is 26.7. The Labute approximate surface area is 91.0 Å². The highest BCUT2D eigenvalue weighted by molar-refractivity contribution is 6.62. The SMILES string of the molecule is COc1cc(Cl)c(B(O)O)cc1C(=O)O. The third-order valence-electron chi connectivity index (χ3n) is 1.83. The van der Waals surface area contributed by atoms with E-state index in [1.54, 1.807) is 0 Å². The van der Waals surface area contributed by atoms with Crippen LogP contribution in [0, 0.1) is 0 Å². The highest BCUT2D eigenvalue weighted by Crippen LogP contribution is 2.21. The van der Waals surface area contributed by atoms with Gasteiger partial charge in [0.25, 0.3) is 0 Å². The summed E-state index contributed by atoms with van der Waals surface area (Å²) in [5.74, 6) is -1.16. The third kappa shape index (κ3) is 2.41. The molecule has 0 bridgehead atoms.